The standard InChI is InChI=1S/C16H15NO4S/c1-12(18)13-6-8-14(9-7-13)22(19,20)17-10-11-21-16-5-3-2-4-15(16)17/h2-9H,10-11H2,1H3. The summed E-state index contributed by atoms with van der Waals surface area (Å²) in [6, 6.07) is 13.0. The Bertz CT molecular complexity index is 812. The summed E-state index contributed by atoms with van der Waals surface area (Å²) in [6.45, 7) is 2.01. The van der Waals surface area contributed by atoms with Gasteiger partial charge >= 0.3 is 0 Å². The third kappa shape index (κ3) is 2.46. The van der Waals surface area contributed by atoms with Crippen molar-refractivity contribution in [2.24, 2.45) is 0 Å². The third-order valence-electron chi connectivity index (χ3n) is 3.53. The number of ketones is 1. The minimum absolute atomic E-state index is 0.0966. The van der Waals surface area contributed by atoms with Crippen LogP contribution in [0.5, 0.6) is 5.75 Å². The monoisotopic (exact) mass is 317 g/mol. The Morgan fingerprint density at radius 2 is 1.77 bits per heavy atom. The van der Waals surface area contributed by atoms with E-state index in [4.69, 9.17) is 4.74 Å². The van der Waals surface area contributed by atoms with Crippen LogP contribution in [0.3, 0.4) is 0 Å². The first-order valence-corrected chi connectivity index (χ1v) is 8.30. The molecule has 0 spiro atoms. The maximum Gasteiger partial charge on any atom is 0.264 e. The van der Waals surface area contributed by atoms with Gasteiger partial charge < -0.3 is 4.74 Å². The van der Waals surface area contributed by atoms with E-state index in [1.165, 1.54) is 35.5 Å². The summed E-state index contributed by atoms with van der Waals surface area (Å²) in [5.74, 6) is 0.457. The van der Waals surface area contributed by atoms with Crippen LogP contribution in [0.25, 0.3) is 0 Å². The molecule has 2 aromatic carbocycles. The van der Waals surface area contributed by atoms with Crippen molar-refractivity contribution >= 4 is 21.5 Å². The highest BCUT2D eigenvalue weighted by atomic mass is 32.2. The number of para-hydroxylation sites is 2. The second-order valence-electron chi connectivity index (χ2n) is 4.97. The van der Waals surface area contributed by atoms with Gasteiger partial charge in [-0.15, -0.1) is 0 Å². The van der Waals surface area contributed by atoms with E-state index in [0.29, 0.717) is 23.6 Å². The van der Waals surface area contributed by atoms with Crippen LogP contribution in [-0.4, -0.2) is 27.4 Å². The largest absolute Gasteiger partial charge is 0.489 e. The molecule has 1 aliphatic rings. The molecule has 0 fully saturated rings. The number of carbonyl (C=O) groups is 1. The first-order chi connectivity index (χ1) is 10.5. The van der Waals surface area contributed by atoms with Gasteiger partial charge in [0.2, 0.25) is 0 Å². The smallest absolute Gasteiger partial charge is 0.264 e. The van der Waals surface area contributed by atoms with Crippen molar-refractivity contribution in [3.63, 3.8) is 0 Å². The SMILES string of the molecule is CC(=O)c1ccc(S(=O)(=O)N2CCOc3ccccc32)cc1. The number of hydrogen-bond acceptors (Lipinski definition) is 4. The lowest BCUT2D eigenvalue weighted by molar-refractivity contribution is 0.101. The topological polar surface area (TPSA) is 63.7 Å². The average Bonchev–Trinajstić information content (AvgIpc) is 2.54. The molecular weight excluding hydrogens is 302 g/mol. The van der Waals surface area contributed by atoms with Crippen molar-refractivity contribution in [2.45, 2.75) is 11.8 Å². The summed E-state index contributed by atoms with van der Waals surface area (Å²) >= 11 is 0. The lowest BCUT2D eigenvalue weighted by atomic mass is 10.2. The lowest BCUT2D eigenvalue weighted by Crippen LogP contribution is -2.37. The van der Waals surface area contributed by atoms with Crippen molar-refractivity contribution < 1.29 is 17.9 Å². The molecule has 0 aromatic heterocycles. The van der Waals surface area contributed by atoms with Crippen LogP contribution >= 0.6 is 0 Å². The molecule has 0 bridgehead atoms. The zero-order valence-electron chi connectivity index (χ0n) is 12.0. The number of ether oxygens (including phenoxy) is 1. The van der Waals surface area contributed by atoms with Crippen molar-refractivity contribution in [1.82, 2.24) is 0 Å². The molecule has 0 amide bonds. The zero-order valence-corrected chi connectivity index (χ0v) is 12.8. The number of rotatable bonds is 3. The van der Waals surface area contributed by atoms with Gasteiger partial charge in [0.05, 0.1) is 17.1 Å². The van der Waals surface area contributed by atoms with Gasteiger partial charge in [-0.05, 0) is 31.2 Å². The Kier molecular flexibility index (Phi) is 3.62. The Labute approximate surface area is 129 Å². The highest BCUT2D eigenvalue weighted by Gasteiger charge is 2.29. The van der Waals surface area contributed by atoms with E-state index >= 15 is 0 Å². The first kappa shape index (κ1) is 14.6. The molecule has 0 atom stereocenters. The van der Waals surface area contributed by atoms with Crippen molar-refractivity contribution in [3.05, 3.63) is 54.1 Å². The highest BCUT2D eigenvalue weighted by molar-refractivity contribution is 7.92. The van der Waals surface area contributed by atoms with Crippen LogP contribution in [0, 0.1) is 0 Å². The van der Waals surface area contributed by atoms with Crippen LogP contribution in [-0.2, 0) is 10.0 Å². The Hall–Kier alpha value is -2.34. The Morgan fingerprint density at radius 1 is 1.09 bits per heavy atom. The number of sulfonamides is 1. The molecule has 0 unspecified atom stereocenters. The molecule has 22 heavy (non-hydrogen) atoms. The predicted octanol–water partition coefficient (Wildman–Crippen LogP) is 2.48. The highest BCUT2D eigenvalue weighted by Crippen LogP contribution is 2.34. The van der Waals surface area contributed by atoms with Gasteiger partial charge in [-0.1, -0.05) is 24.3 Å². The number of benzene rings is 2. The molecule has 6 heteroatoms. The first-order valence-electron chi connectivity index (χ1n) is 6.86. The molecule has 0 saturated carbocycles. The predicted molar refractivity (Wildman–Crippen MR) is 82.9 cm³/mol. The Balaban J connectivity index is 2.02. The number of carbonyl (C=O) groups excluding carboxylic acids is 1. The molecule has 0 N–H and O–H groups in total. The zero-order chi connectivity index (χ0) is 15.7. The number of hydrogen-bond donors (Lipinski definition) is 0. The van der Waals surface area contributed by atoms with Gasteiger partial charge in [0, 0.05) is 5.56 Å². The summed E-state index contributed by atoms with van der Waals surface area (Å²) < 4.78 is 32.5. The lowest BCUT2D eigenvalue weighted by Gasteiger charge is -2.30. The van der Waals surface area contributed by atoms with Crippen LogP contribution in [0.2, 0.25) is 0 Å². The summed E-state index contributed by atoms with van der Waals surface area (Å²) in [5.41, 5.74) is 1.02. The van der Waals surface area contributed by atoms with E-state index in [0.717, 1.165) is 0 Å². The maximum absolute atomic E-state index is 12.8. The fraction of sp³-hybridized carbons (Fsp3) is 0.188. The molecule has 114 valence electrons. The fourth-order valence-electron chi connectivity index (χ4n) is 2.38. The number of anilines is 1. The third-order valence-corrected chi connectivity index (χ3v) is 5.36. The molecule has 0 radical (unpaired) electrons. The van der Waals surface area contributed by atoms with Crippen LogP contribution < -0.4 is 9.04 Å². The Morgan fingerprint density at radius 3 is 2.45 bits per heavy atom. The molecule has 2 aromatic rings. The van der Waals surface area contributed by atoms with Gasteiger partial charge in [-0.25, -0.2) is 8.42 Å². The average molecular weight is 317 g/mol. The fourth-order valence-corrected chi connectivity index (χ4v) is 3.84. The van der Waals surface area contributed by atoms with E-state index in [9.17, 15) is 13.2 Å². The number of fused-ring (bicyclic) bond motifs is 1. The summed E-state index contributed by atoms with van der Waals surface area (Å²) in [4.78, 5) is 11.5. The van der Waals surface area contributed by atoms with Gasteiger partial charge in [-0.3, -0.25) is 9.10 Å². The summed E-state index contributed by atoms with van der Waals surface area (Å²) in [6.07, 6.45) is 0. The maximum atomic E-state index is 12.8. The minimum Gasteiger partial charge on any atom is -0.489 e. The quantitative estimate of drug-likeness (QED) is 0.816. The van der Waals surface area contributed by atoms with Gasteiger partial charge in [-0.2, -0.15) is 0 Å². The minimum atomic E-state index is -3.68. The van der Waals surface area contributed by atoms with Gasteiger partial charge in [0.1, 0.15) is 12.4 Å². The summed E-state index contributed by atoms with van der Waals surface area (Å²) in [5, 5.41) is 0. The molecule has 3 rings (SSSR count). The van der Waals surface area contributed by atoms with Crippen LogP contribution in [0.1, 0.15) is 17.3 Å². The molecule has 5 nitrogen and oxygen atoms in total. The van der Waals surface area contributed by atoms with E-state index in [2.05, 4.69) is 0 Å². The number of nitrogens with zero attached hydrogens (tertiary/aromatic N) is 1. The van der Waals surface area contributed by atoms with E-state index < -0.39 is 10.0 Å². The van der Waals surface area contributed by atoms with Gasteiger partial charge in [0.15, 0.2) is 5.78 Å². The molecule has 1 heterocycles. The van der Waals surface area contributed by atoms with Crippen molar-refractivity contribution in [2.75, 3.05) is 17.5 Å². The normalized spacial score (nSPS) is 14.1. The van der Waals surface area contributed by atoms with Crippen LogP contribution in [0.4, 0.5) is 5.69 Å². The van der Waals surface area contributed by atoms with Gasteiger partial charge in [0.25, 0.3) is 10.0 Å². The molecule has 1 aliphatic heterocycles. The van der Waals surface area contributed by atoms with Crippen molar-refractivity contribution in [3.8, 4) is 5.75 Å². The van der Waals surface area contributed by atoms with Crippen molar-refractivity contribution in [1.29, 1.82) is 0 Å². The molecule has 0 aliphatic carbocycles. The molecule has 0 saturated heterocycles. The second-order valence-corrected chi connectivity index (χ2v) is 6.84. The second kappa shape index (κ2) is 5.46. The number of Topliss-reactive ketones (excluding diaryl/α,β-unsaturated/α-hetero) is 1. The van der Waals surface area contributed by atoms with E-state index in [-0.39, 0.29) is 17.2 Å². The van der Waals surface area contributed by atoms with Crippen LogP contribution in [0.15, 0.2) is 53.4 Å². The summed E-state index contributed by atoms with van der Waals surface area (Å²) in [7, 11) is -3.68. The van der Waals surface area contributed by atoms with E-state index in [1.54, 1.807) is 24.3 Å². The van der Waals surface area contributed by atoms with E-state index in [1.807, 2.05) is 0 Å². The molecular formula is C16H15NO4S.